The molecule has 1 aromatic heterocycles. The zero-order valence-electron chi connectivity index (χ0n) is 9.69. The number of thioether (sulfide) groups is 1. The molecule has 1 aliphatic carbocycles. The average Bonchev–Trinajstić information content (AvgIpc) is 2.38. The summed E-state index contributed by atoms with van der Waals surface area (Å²) in [4.78, 5) is 4.43. The Balaban J connectivity index is 1.79. The highest BCUT2D eigenvalue weighted by molar-refractivity contribution is 7.99. The van der Waals surface area contributed by atoms with E-state index in [9.17, 15) is 0 Å². The second-order valence-corrected chi connectivity index (χ2v) is 5.72. The van der Waals surface area contributed by atoms with Gasteiger partial charge < -0.3 is 5.73 Å². The molecule has 0 atom stereocenters. The third-order valence-electron chi connectivity index (χ3n) is 3.14. The number of hydrogen-bond acceptors (Lipinski definition) is 3. The van der Waals surface area contributed by atoms with Crippen LogP contribution in [0.1, 0.15) is 43.4 Å². The van der Waals surface area contributed by atoms with Gasteiger partial charge >= 0.3 is 0 Å². The van der Waals surface area contributed by atoms with Gasteiger partial charge in [-0.3, -0.25) is 4.98 Å². The first-order valence-electron chi connectivity index (χ1n) is 6.14. The minimum atomic E-state index is 0.586. The summed E-state index contributed by atoms with van der Waals surface area (Å²) in [6, 6.07) is 4.20. The number of rotatable bonds is 4. The molecule has 2 nitrogen and oxygen atoms in total. The zero-order valence-corrected chi connectivity index (χ0v) is 10.5. The topological polar surface area (TPSA) is 38.9 Å². The Bertz CT molecular complexity index is 304. The fourth-order valence-corrected chi connectivity index (χ4v) is 3.34. The number of pyridine rings is 1. The summed E-state index contributed by atoms with van der Waals surface area (Å²) in [6.07, 6.45) is 8.95. The van der Waals surface area contributed by atoms with Crippen LogP contribution >= 0.6 is 11.8 Å². The molecule has 0 bridgehead atoms. The summed E-state index contributed by atoms with van der Waals surface area (Å²) in [5, 5.41) is 0.865. The van der Waals surface area contributed by atoms with Crippen molar-refractivity contribution in [1.82, 2.24) is 4.98 Å². The van der Waals surface area contributed by atoms with Crippen LogP contribution in [-0.4, -0.2) is 10.2 Å². The van der Waals surface area contributed by atoms with Gasteiger partial charge in [0.15, 0.2) is 0 Å². The van der Waals surface area contributed by atoms with Crippen molar-refractivity contribution in [1.29, 1.82) is 0 Å². The highest BCUT2D eigenvalue weighted by Crippen LogP contribution is 2.29. The lowest BCUT2D eigenvalue weighted by molar-refractivity contribution is 0.516. The summed E-state index contributed by atoms with van der Waals surface area (Å²) in [6.45, 7) is 0.586. The maximum Gasteiger partial charge on any atom is 0.0502 e. The normalized spacial score (nSPS) is 17.6. The molecule has 1 aliphatic rings. The van der Waals surface area contributed by atoms with Gasteiger partial charge in [-0.05, 0) is 24.5 Å². The Hall–Kier alpha value is -0.540. The minimum absolute atomic E-state index is 0.586. The second-order valence-electron chi connectivity index (χ2n) is 4.43. The Morgan fingerprint density at radius 3 is 2.69 bits per heavy atom. The van der Waals surface area contributed by atoms with Crippen LogP contribution in [0.5, 0.6) is 0 Å². The molecule has 0 spiro atoms. The highest BCUT2D eigenvalue weighted by atomic mass is 32.2. The van der Waals surface area contributed by atoms with Crippen LogP contribution in [0.25, 0.3) is 0 Å². The molecule has 0 radical (unpaired) electrons. The van der Waals surface area contributed by atoms with Gasteiger partial charge in [-0.15, -0.1) is 0 Å². The number of aromatic nitrogens is 1. The van der Waals surface area contributed by atoms with Gasteiger partial charge in [0, 0.05) is 23.7 Å². The largest absolute Gasteiger partial charge is 0.326 e. The van der Waals surface area contributed by atoms with Crippen LogP contribution in [0, 0.1) is 0 Å². The SMILES string of the molecule is NCc1ccc(CSC2CCCCC2)nc1. The molecule has 0 amide bonds. The van der Waals surface area contributed by atoms with E-state index in [1.165, 1.54) is 37.8 Å². The van der Waals surface area contributed by atoms with Crippen LogP contribution in [-0.2, 0) is 12.3 Å². The molecule has 0 aliphatic heterocycles. The molecule has 3 heteroatoms. The van der Waals surface area contributed by atoms with E-state index < -0.39 is 0 Å². The van der Waals surface area contributed by atoms with E-state index in [2.05, 4.69) is 28.9 Å². The maximum atomic E-state index is 5.55. The molecule has 88 valence electrons. The first-order chi connectivity index (χ1) is 7.88. The lowest BCUT2D eigenvalue weighted by Crippen LogP contribution is -2.08. The molecule has 16 heavy (non-hydrogen) atoms. The molecular weight excluding hydrogens is 216 g/mol. The van der Waals surface area contributed by atoms with Crippen molar-refractivity contribution in [2.24, 2.45) is 5.73 Å². The maximum absolute atomic E-state index is 5.55. The van der Waals surface area contributed by atoms with E-state index in [-0.39, 0.29) is 0 Å². The molecule has 0 saturated heterocycles. The standard InChI is InChI=1S/C13H20N2S/c14-8-11-6-7-12(15-9-11)10-16-13-4-2-1-3-5-13/h6-7,9,13H,1-5,8,10,14H2. The van der Waals surface area contributed by atoms with Gasteiger partial charge in [-0.25, -0.2) is 0 Å². The predicted octanol–water partition coefficient (Wildman–Crippen LogP) is 3.11. The van der Waals surface area contributed by atoms with Crippen molar-refractivity contribution in [3.8, 4) is 0 Å². The van der Waals surface area contributed by atoms with Crippen LogP contribution in [0.2, 0.25) is 0 Å². The van der Waals surface area contributed by atoms with Gasteiger partial charge in [0.1, 0.15) is 0 Å². The van der Waals surface area contributed by atoms with Crippen molar-refractivity contribution in [2.45, 2.75) is 49.7 Å². The highest BCUT2D eigenvalue weighted by Gasteiger charge is 2.13. The molecule has 1 aromatic rings. The number of nitrogens with zero attached hydrogens (tertiary/aromatic N) is 1. The van der Waals surface area contributed by atoms with Crippen LogP contribution in [0.15, 0.2) is 18.3 Å². The van der Waals surface area contributed by atoms with E-state index in [0.29, 0.717) is 6.54 Å². The molecule has 1 saturated carbocycles. The third-order valence-corrected chi connectivity index (χ3v) is 4.55. The molecule has 0 unspecified atom stereocenters. The van der Waals surface area contributed by atoms with Gasteiger partial charge in [0.2, 0.25) is 0 Å². The third kappa shape index (κ3) is 3.49. The van der Waals surface area contributed by atoms with Crippen molar-refractivity contribution in [2.75, 3.05) is 0 Å². The van der Waals surface area contributed by atoms with Crippen molar-refractivity contribution >= 4 is 11.8 Å². The smallest absolute Gasteiger partial charge is 0.0502 e. The number of nitrogens with two attached hydrogens (primary N) is 1. The van der Waals surface area contributed by atoms with Crippen molar-refractivity contribution < 1.29 is 0 Å². The minimum Gasteiger partial charge on any atom is -0.326 e. The first-order valence-corrected chi connectivity index (χ1v) is 7.19. The Labute approximate surface area is 102 Å². The van der Waals surface area contributed by atoms with Crippen molar-refractivity contribution in [3.05, 3.63) is 29.6 Å². The van der Waals surface area contributed by atoms with Crippen molar-refractivity contribution in [3.63, 3.8) is 0 Å². The summed E-state index contributed by atoms with van der Waals surface area (Å²) in [7, 11) is 0. The van der Waals surface area contributed by atoms with Gasteiger partial charge in [0.05, 0.1) is 5.69 Å². The predicted molar refractivity (Wildman–Crippen MR) is 70.3 cm³/mol. The fraction of sp³-hybridized carbons (Fsp3) is 0.615. The van der Waals surface area contributed by atoms with Gasteiger partial charge in [0.25, 0.3) is 0 Å². The fourth-order valence-electron chi connectivity index (χ4n) is 2.10. The summed E-state index contributed by atoms with van der Waals surface area (Å²) in [5.74, 6) is 1.05. The lowest BCUT2D eigenvalue weighted by Gasteiger charge is -2.20. The summed E-state index contributed by atoms with van der Waals surface area (Å²) < 4.78 is 0. The number of hydrogen-bond donors (Lipinski definition) is 1. The average molecular weight is 236 g/mol. The molecule has 2 N–H and O–H groups in total. The van der Waals surface area contributed by atoms with Gasteiger partial charge in [-0.1, -0.05) is 25.3 Å². The second kappa shape index (κ2) is 6.26. The van der Waals surface area contributed by atoms with E-state index in [1.807, 2.05) is 6.20 Å². The van der Waals surface area contributed by atoms with E-state index in [4.69, 9.17) is 5.73 Å². The van der Waals surface area contributed by atoms with E-state index in [0.717, 1.165) is 16.6 Å². The van der Waals surface area contributed by atoms with Crippen LogP contribution in [0.4, 0.5) is 0 Å². The Kier molecular flexibility index (Phi) is 4.67. The zero-order chi connectivity index (χ0) is 11.2. The molecule has 0 aromatic carbocycles. The lowest BCUT2D eigenvalue weighted by atomic mass is 10.0. The first kappa shape index (κ1) is 11.9. The Morgan fingerprint density at radius 2 is 2.06 bits per heavy atom. The van der Waals surface area contributed by atoms with Gasteiger partial charge in [-0.2, -0.15) is 11.8 Å². The Morgan fingerprint density at radius 1 is 1.25 bits per heavy atom. The quantitative estimate of drug-likeness (QED) is 0.873. The molecule has 1 fully saturated rings. The molecular formula is C13H20N2S. The van der Waals surface area contributed by atoms with E-state index >= 15 is 0 Å². The summed E-state index contributed by atoms with van der Waals surface area (Å²) in [5.41, 5.74) is 7.85. The molecule has 1 heterocycles. The van der Waals surface area contributed by atoms with E-state index in [1.54, 1.807) is 0 Å². The van der Waals surface area contributed by atoms with Crippen LogP contribution < -0.4 is 5.73 Å². The monoisotopic (exact) mass is 236 g/mol. The van der Waals surface area contributed by atoms with Crippen LogP contribution in [0.3, 0.4) is 0 Å². The molecule has 2 rings (SSSR count). The summed E-state index contributed by atoms with van der Waals surface area (Å²) >= 11 is 2.07.